The van der Waals surface area contributed by atoms with Crippen LogP contribution in [0.25, 0.3) is 0 Å². The minimum atomic E-state index is -0.122. The molecular weight excluding hydrogens is 475 g/mol. The van der Waals surface area contributed by atoms with Crippen molar-refractivity contribution in [1.82, 2.24) is 0 Å². The van der Waals surface area contributed by atoms with E-state index in [9.17, 15) is 0 Å². The monoisotopic (exact) mass is 495 g/mol. The summed E-state index contributed by atoms with van der Waals surface area (Å²) in [7, 11) is -0.122. The Labute approximate surface area is 182 Å². The van der Waals surface area contributed by atoms with Gasteiger partial charge in [0.25, 0.3) is 0 Å². The largest absolute Gasteiger partial charge is 0.489 e. The predicted molar refractivity (Wildman–Crippen MR) is 125 cm³/mol. The van der Waals surface area contributed by atoms with E-state index in [1.54, 1.807) is 0 Å². The lowest BCUT2D eigenvalue weighted by Gasteiger charge is -2.10. The first-order valence-electron chi connectivity index (χ1n) is 9.11. The Balaban J connectivity index is 1.55. The highest BCUT2D eigenvalue weighted by molar-refractivity contribution is 14.1. The molecule has 0 aliphatic heterocycles. The van der Waals surface area contributed by atoms with Crippen molar-refractivity contribution < 1.29 is 4.74 Å². The molecule has 1 nitrogen and oxygen atoms in total. The van der Waals surface area contributed by atoms with Crippen LogP contribution >= 0.6 is 22.6 Å². The molecule has 0 aliphatic rings. The van der Waals surface area contributed by atoms with Gasteiger partial charge in [0.05, 0.1) is 10.9 Å². The molecule has 4 rings (SSSR count). The molecule has 0 fully saturated rings. The molecule has 138 valence electrons. The van der Waals surface area contributed by atoms with E-state index in [4.69, 9.17) is 4.74 Å². The molecule has 0 aromatic heterocycles. The third kappa shape index (κ3) is 4.78. The number of hydrogen-bond donors (Lipinski definition) is 0. The number of hydrogen-bond acceptors (Lipinski definition) is 1. The Morgan fingerprint density at radius 1 is 0.571 bits per heavy atom. The van der Waals surface area contributed by atoms with Crippen LogP contribution in [0.1, 0.15) is 5.56 Å². The minimum absolute atomic E-state index is 0.122. The lowest BCUT2D eigenvalue weighted by Crippen LogP contribution is -2.04. The van der Waals surface area contributed by atoms with Crippen LogP contribution in [0.5, 0.6) is 5.75 Å². The van der Waals surface area contributed by atoms with E-state index in [1.165, 1.54) is 23.8 Å². The molecule has 28 heavy (non-hydrogen) atoms. The fraction of sp³-hybridized carbons (Fsp3) is 0.0400. The molecule has 0 heterocycles. The van der Waals surface area contributed by atoms with Gasteiger partial charge in [-0.25, -0.2) is 0 Å². The molecular formula is C25H20IOS+. The van der Waals surface area contributed by atoms with E-state index in [0.717, 1.165) is 5.75 Å². The summed E-state index contributed by atoms with van der Waals surface area (Å²) in [6.07, 6.45) is 0. The number of rotatable bonds is 6. The van der Waals surface area contributed by atoms with Gasteiger partial charge in [0.1, 0.15) is 12.4 Å². The Morgan fingerprint density at radius 3 is 1.61 bits per heavy atom. The van der Waals surface area contributed by atoms with Gasteiger partial charge in [-0.15, -0.1) is 0 Å². The fourth-order valence-electron chi connectivity index (χ4n) is 2.94. The van der Waals surface area contributed by atoms with Crippen molar-refractivity contribution in [2.24, 2.45) is 0 Å². The van der Waals surface area contributed by atoms with Gasteiger partial charge in [0.15, 0.2) is 14.7 Å². The van der Waals surface area contributed by atoms with Gasteiger partial charge >= 0.3 is 0 Å². The van der Waals surface area contributed by atoms with Gasteiger partial charge in [-0.2, -0.15) is 0 Å². The number of ether oxygens (including phenoxy) is 1. The molecule has 0 N–H and O–H groups in total. The van der Waals surface area contributed by atoms with Crippen molar-refractivity contribution in [1.29, 1.82) is 0 Å². The average Bonchev–Trinajstić information content (AvgIpc) is 2.76. The second-order valence-corrected chi connectivity index (χ2v) is 9.59. The molecule has 3 heteroatoms. The van der Waals surface area contributed by atoms with Crippen molar-refractivity contribution in [2.75, 3.05) is 0 Å². The summed E-state index contributed by atoms with van der Waals surface area (Å²) in [6, 6.07) is 38.3. The molecule has 0 aliphatic carbocycles. The maximum Gasteiger partial charge on any atom is 0.166 e. The van der Waals surface area contributed by atoms with E-state index in [2.05, 4.69) is 132 Å². The predicted octanol–water partition coefficient (Wildman–Crippen LogP) is 6.97. The maximum atomic E-state index is 5.98. The summed E-state index contributed by atoms with van der Waals surface area (Å²) < 4.78 is 7.21. The topological polar surface area (TPSA) is 9.23 Å². The average molecular weight is 495 g/mol. The Bertz CT molecular complexity index is 960. The standard InChI is InChI=1S/C25H20IOS/c26-21-13-11-20(12-14-21)19-27-22-15-17-25(18-16-22)28(23-7-3-1-4-8-23)24-9-5-2-6-10-24/h1-18H,19H2/q+1. The highest BCUT2D eigenvalue weighted by Crippen LogP contribution is 2.32. The summed E-state index contributed by atoms with van der Waals surface area (Å²) in [4.78, 5) is 3.93. The molecule has 4 aromatic rings. The zero-order chi connectivity index (χ0) is 19.2. The van der Waals surface area contributed by atoms with Gasteiger partial charge < -0.3 is 4.74 Å². The Kier molecular flexibility index (Phi) is 6.34. The van der Waals surface area contributed by atoms with Gasteiger partial charge in [-0.3, -0.25) is 0 Å². The van der Waals surface area contributed by atoms with Crippen LogP contribution in [0.15, 0.2) is 124 Å². The molecule has 0 saturated carbocycles. The summed E-state index contributed by atoms with van der Waals surface area (Å²) in [6.45, 7) is 0.583. The molecule has 0 amide bonds. The Morgan fingerprint density at radius 2 is 1.07 bits per heavy atom. The zero-order valence-electron chi connectivity index (χ0n) is 15.3. The molecule has 4 aromatic carbocycles. The summed E-state index contributed by atoms with van der Waals surface area (Å²) in [5.74, 6) is 0.895. The van der Waals surface area contributed by atoms with E-state index in [0.29, 0.717) is 6.61 Å². The van der Waals surface area contributed by atoms with Crippen LogP contribution in [-0.4, -0.2) is 0 Å². The summed E-state index contributed by atoms with van der Waals surface area (Å²) in [5.41, 5.74) is 1.18. The first-order valence-corrected chi connectivity index (χ1v) is 11.4. The number of halogens is 1. The van der Waals surface area contributed by atoms with Crippen molar-refractivity contribution in [2.45, 2.75) is 21.3 Å². The Hall–Kier alpha value is -2.24. The lowest BCUT2D eigenvalue weighted by molar-refractivity contribution is 0.306. The molecule has 0 unspecified atom stereocenters. The first-order chi connectivity index (χ1) is 13.8. The van der Waals surface area contributed by atoms with Gasteiger partial charge in [0, 0.05) is 3.57 Å². The minimum Gasteiger partial charge on any atom is -0.489 e. The summed E-state index contributed by atoms with van der Waals surface area (Å²) >= 11 is 2.32. The van der Waals surface area contributed by atoms with Crippen molar-refractivity contribution in [3.8, 4) is 5.75 Å². The zero-order valence-corrected chi connectivity index (χ0v) is 18.3. The highest BCUT2D eigenvalue weighted by atomic mass is 127. The van der Waals surface area contributed by atoms with Crippen LogP contribution in [0.4, 0.5) is 0 Å². The van der Waals surface area contributed by atoms with Gasteiger partial charge in [0.2, 0.25) is 0 Å². The van der Waals surface area contributed by atoms with E-state index < -0.39 is 0 Å². The fourth-order valence-corrected chi connectivity index (χ4v) is 5.38. The number of benzene rings is 4. The molecule has 0 spiro atoms. The third-order valence-corrected chi connectivity index (χ3v) is 7.29. The van der Waals surface area contributed by atoms with Gasteiger partial charge in [-0.1, -0.05) is 48.5 Å². The highest BCUT2D eigenvalue weighted by Gasteiger charge is 2.28. The van der Waals surface area contributed by atoms with Gasteiger partial charge in [-0.05, 0) is 88.8 Å². The first kappa shape index (κ1) is 19.1. The van der Waals surface area contributed by atoms with Crippen LogP contribution in [0.3, 0.4) is 0 Å². The molecule has 0 radical (unpaired) electrons. The molecule has 0 bridgehead atoms. The van der Waals surface area contributed by atoms with Crippen molar-refractivity contribution in [3.05, 3.63) is 118 Å². The lowest BCUT2D eigenvalue weighted by atomic mass is 10.2. The SMILES string of the molecule is Ic1ccc(COc2ccc([S+](c3ccccc3)c3ccccc3)cc2)cc1. The smallest absolute Gasteiger partial charge is 0.166 e. The van der Waals surface area contributed by atoms with Crippen LogP contribution in [-0.2, 0) is 17.5 Å². The second-order valence-electron chi connectivity index (χ2n) is 6.32. The van der Waals surface area contributed by atoms with Crippen LogP contribution in [0.2, 0.25) is 0 Å². The quantitative estimate of drug-likeness (QED) is 0.208. The van der Waals surface area contributed by atoms with E-state index in [-0.39, 0.29) is 10.9 Å². The maximum absolute atomic E-state index is 5.98. The van der Waals surface area contributed by atoms with E-state index >= 15 is 0 Å². The van der Waals surface area contributed by atoms with E-state index in [1.807, 2.05) is 0 Å². The van der Waals surface area contributed by atoms with Crippen molar-refractivity contribution >= 4 is 33.5 Å². The summed E-state index contributed by atoms with van der Waals surface area (Å²) in [5, 5.41) is 0. The normalized spacial score (nSPS) is 10.8. The van der Waals surface area contributed by atoms with Crippen LogP contribution in [0, 0.1) is 3.57 Å². The van der Waals surface area contributed by atoms with Crippen LogP contribution < -0.4 is 4.74 Å². The third-order valence-electron chi connectivity index (χ3n) is 4.34. The van der Waals surface area contributed by atoms with Crippen molar-refractivity contribution in [3.63, 3.8) is 0 Å². The molecule has 0 atom stereocenters. The second kappa shape index (κ2) is 9.30. The molecule has 0 saturated heterocycles.